The molecule has 1 aromatic carbocycles. The molecule has 0 radical (unpaired) electrons. The van der Waals surface area contributed by atoms with Crippen molar-refractivity contribution in [1.82, 2.24) is 5.32 Å². The van der Waals surface area contributed by atoms with Crippen molar-refractivity contribution in [3.05, 3.63) is 29.8 Å². The molecule has 5 heteroatoms. The van der Waals surface area contributed by atoms with Crippen molar-refractivity contribution in [1.29, 1.82) is 0 Å². The van der Waals surface area contributed by atoms with Crippen LogP contribution in [-0.2, 0) is 11.2 Å². The van der Waals surface area contributed by atoms with Crippen LogP contribution in [0.3, 0.4) is 0 Å². The summed E-state index contributed by atoms with van der Waals surface area (Å²) in [5, 5.41) is 3.06. The number of carbonyl (C=O) groups excluding carboxylic acids is 1. The average Bonchev–Trinajstić information content (AvgIpc) is 3.03. The summed E-state index contributed by atoms with van der Waals surface area (Å²) in [7, 11) is 0. The van der Waals surface area contributed by atoms with Crippen molar-refractivity contribution in [2.75, 3.05) is 0 Å². The molecular weight excluding hydrogens is 272 g/mol. The number of thiocarbonyl (C=S) groups is 1. The highest BCUT2D eigenvalue weighted by molar-refractivity contribution is 7.80. The Hall–Kier alpha value is -1.62. The van der Waals surface area contributed by atoms with E-state index in [2.05, 4.69) is 5.32 Å². The molecule has 1 heterocycles. The largest absolute Gasteiger partial charge is 0.480 e. The number of hydrogen-bond acceptors (Lipinski definition) is 3. The van der Waals surface area contributed by atoms with Crippen molar-refractivity contribution in [2.45, 2.75) is 37.8 Å². The number of carbonyl (C=O) groups is 1. The molecule has 0 spiro atoms. The summed E-state index contributed by atoms with van der Waals surface area (Å²) in [5.41, 5.74) is 6.82. The molecule has 2 aliphatic rings. The first-order chi connectivity index (χ1) is 9.65. The third kappa shape index (κ3) is 2.50. The first-order valence-corrected chi connectivity index (χ1v) is 7.40. The van der Waals surface area contributed by atoms with Crippen LogP contribution in [0, 0.1) is 5.92 Å². The van der Waals surface area contributed by atoms with Gasteiger partial charge in [-0.3, -0.25) is 4.79 Å². The van der Waals surface area contributed by atoms with Gasteiger partial charge in [0.05, 0.1) is 4.99 Å². The minimum atomic E-state index is -0.431. The number of nitrogens with two attached hydrogens (primary N) is 1. The van der Waals surface area contributed by atoms with Gasteiger partial charge in [-0.15, -0.1) is 0 Å². The van der Waals surface area contributed by atoms with Crippen molar-refractivity contribution in [3.63, 3.8) is 0 Å². The number of hydrogen-bond donors (Lipinski definition) is 2. The molecule has 3 rings (SSSR count). The zero-order valence-electron chi connectivity index (χ0n) is 11.2. The molecule has 1 saturated carbocycles. The Balaban J connectivity index is 1.63. The lowest BCUT2D eigenvalue weighted by Gasteiger charge is -2.21. The highest BCUT2D eigenvalue weighted by Gasteiger charge is 2.34. The lowest BCUT2D eigenvalue weighted by Crippen LogP contribution is -2.47. The van der Waals surface area contributed by atoms with Gasteiger partial charge in [-0.25, -0.2) is 0 Å². The van der Waals surface area contributed by atoms with Gasteiger partial charge >= 0.3 is 0 Å². The van der Waals surface area contributed by atoms with E-state index in [-0.39, 0.29) is 17.9 Å². The van der Waals surface area contributed by atoms with Crippen LogP contribution in [0.25, 0.3) is 0 Å². The minimum Gasteiger partial charge on any atom is -0.480 e. The molecule has 0 aromatic heterocycles. The summed E-state index contributed by atoms with van der Waals surface area (Å²) in [6.45, 7) is 0. The predicted octanol–water partition coefficient (Wildman–Crippen LogP) is 1.56. The van der Waals surface area contributed by atoms with Crippen LogP contribution in [0.15, 0.2) is 24.3 Å². The molecule has 1 aliphatic heterocycles. The summed E-state index contributed by atoms with van der Waals surface area (Å²) in [4.78, 5) is 12.8. The quantitative estimate of drug-likeness (QED) is 0.829. The third-order valence-corrected chi connectivity index (χ3v) is 4.45. The first kappa shape index (κ1) is 13.4. The molecule has 0 bridgehead atoms. The smallest absolute Gasteiger partial charge is 0.261 e. The molecule has 3 unspecified atom stereocenters. The fourth-order valence-electron chi connectivity index (χ4n) is 3.08. The van der Waals surface area contributed by atoms with Gasteiger partial charge in [0, 0.05) is 18.4 Å². The number of fused-ring (bicyclic) bond motifs is 1. The highest BCUT2D eigenvalue weighted by atomic mass is 32.1. The first-order valence-electron chi connectivity index (χ1n) is 6.99. The SMILES string of the molecule is NC(=S)C1CCCC1NC(=O)C1Cc2ccccc2O1. The van der Waals surface area contributed by atoms with Gasteiger partial charge in [-0.05, 0) is 24.5 Å². The second-order valence-electron chi connectivity index (χ2n) is 5.47. The van der Waals surface area contributed by atoms with E-state index in [0.717, 1.165) is 30.6 Å². The fraction of sp³-hybridized carbons (Fsp3) is 0.467. The second kappa shape index (κ2) is 5.40. The number of benzene rings is 1. The van der Waals surface area contributed by atoms with Gasteiger partial charge in [0.2, 0.25) is 0 Å². The van der Waals surface area contributed by atoms with Gasteiger partial charge < -0.3 is 15.8 Å². The summed E-state index contributed by atoms with van der Waals surface area (Å²) in [6.07, 6.45) is 3.16. The highest BCUT2D eigenvalue weighted by Crippen LogP contribution is 2.29. The number of para-hydroxylation sites is 1. The Morgan fingerprint density at radius 2 is 2.15 bits per heavy atom. The minimum absolute atomic E-state index is 0.0608. The van der Waals surface area contributed by atoms with Gasteiger partial charge in [0.1, 0.15) is 5.75 Å². The van der Waals surface area contributed by atoms with Gasteiger partial charge in [0.15, 0.2) is 6.10 Å². The summed E-state index contributed by atoms with van der Waals surface area (Å²) in [5.74, 6) is 0.872. The van der Waals surface area contributed by atoms with Crippen LogP contribution in [0.2, 0.25) is 0 Å². The van der Waals surface area contributed by atoms with E-state index in [1.807, 2.05) is 24.3 Å². The van der Waals surface area contributed by atoms with Gasteiger partial charge in [-0.1, -0.05) is 36.8 Å². The van der Waals surface area contributed by atoms with Crippen LogP contribution in [0.4, 0.5) is 0 Å². The van der Waals surface area contributed by atoms with Crippen molar-refractivity contribution < 1.29 is 9.53 Å². The topological polar surface area (TPSA) is 64.3 Å². The average molecular weight is 290 g/mol. The third-order valence-electron chi connectivity index (χ3n) is 4.15. The van der Waals surface area contributed by atoms with Crippen LogP contribution in [0.5, 0.6) is 5.75 Å². The van der Waals surface area contributed by atoms with E-state index < -0.39 is 6.10 Å². The number of nitrogens with one attached hydrogen (secondary N) is 1. The Morgan fingerprint density at radius 1 is 1.35 bits per heavy atom. The predicted molar refractivity (Wildman–Crippen MR) is 80.6 cm³/mol. The number of rotatable bonds is 3. The van der Waals surface area contributed by atoms with Crippen LogP contribution >= 0.6 is 12.2 Å². The maximum Gasteiger partial charge on any atom is 0.261 e. The monoisotopic (exact) mass is 290 g/mol. The zero-order valence-corrected chi connectivity index (χ0v) is 12.0. The molecular formula is C15H18N2O2S. The molecule has 3 N–H and O–H groups in total. The van der Waals surface area contributed by atoms with Crippen molar-refractivity contribution >= 4 is 23.1 Å². The molecule has 3 atom stereocenters. The lowest BCUT2D eigenvalue weighted by molar-refractivity contribution is -0.128. The lowest BCUT2D eigenvalue weighted by atomic mass is 10.0. The molecule has 0 saturated heterocycles. The molecule has 106 valence electrons. The zero-order chi connectivity index (χ0) is 14.1. The molecule has 1 aromatic rings. The van der Waals surface area contributed by atoms with E-state index in [1.54, 1.807) is 0 Å². The van der Waals surface area contributed by atoms with E-state index in [1.165, 1.54) is 0 Å². The maximum atomic E-state index is 12.3. The fourth-order valence-corrected chi connectivity index (χ4v) is 3.36. The Bertz CT molecular complexity index is 521. The molecule has 1 fully saturated rings. The maximum absolute atomic E-state index is 12.3. The standard InChI is InChI=1S/C15H18N2O2S/c16-14(20)10-5-3-6-11(10)17-15(18)13-8-9-4-1-2-7-12(9)19-13/h1-2,4,7,10-11,13H,3,5-6,8H2,(H2,16,20)(H,17,18). The molecule has 1 aliphatic carbocycles. The summed E-state index contributed by atoms with van der Waals surface area (Å²) in [6, 6.07) is 7.83. The number of ether oxygens (including phenoxy) is 1. The van der Waals surface area contributed by atoms with Crippen LogP contribution in [-0.4, -0.2) is 23.0 Å². The van der Waals surface area contributed by atoms with E-state index in [9.17, 15) is 4.79 Å². The summed E-state index contributed by atoms with van der Waals surface area (Å²) < 4.78 is 5.70. The molecule has 4 nitrogen and oxygen atoms in total. The Kier molecular flexibility index (Phi) is 3.61. The van der Waals surface area contributed by atoms with Crippen LogP contribution in [0.1, 0.15) is 24.8 Å². The Labute approximate surface area is 123 Å². The second-order valence-corrected chi connectivity index (χ2v) is 5.94. The molecule has 20 heavy (non-hydrogen) atoms. The van der Waals surface area contributed by atoms with Gasteiger partial charge in [-0.2, -0.15) is 0 Å². The summed E-state index contributed by atoms with van der Waals surface area (Å²) >= 11 is 5.07. The van der Waals surface area contributed by atoms with Gasteiger partial charge in [0.25, 0.3) is 5.91 Å². The van der Waals surface area contributed by atoms with E-state index in [4.69, 9.17) is 22.7 Å². The number of amides is 1. The van der Waals surface area contributed by atoms with Crippen LogP contribution < -0.4 is 15.8 Å². The van der Waals surface area contributed by atoms with Crippen molar-refractivity contribution in [3.8, 4) is 5.75 Å². The molecule has 1 amide bonds. The van der Waals surface area contributed by atoms with E-state index >= 15 is 0 Å². The Morgan fingerprint density at radius 3 is 2.90 bits per heavy atom. The van der Waals surface area contributed by atoms with Crippen molar-refractivity contribution in [2.24, 2.45) is 11.7 Å². The normalized spacial score (nSPS) is 27.7. The van der Waals surface area contributed by atoms with E-state index in [0.29, 0.717) is 11.4 Å².